The monoisotopic (exact) mass is 264 g/mol. The van der Waals surface area contributed by atoms with E-state index in [-0.39, 0.29) is 0 Å². The Morgan fingerprint density at radius 2 is 1.95 bits per heavy atom. The van der Waals surface area contributed by atoms with Crippen molar-refractivity contribution in [3.05, 3.63) is 42.0 Å². The average Bonchev–Trinajstić information content (AvgIpc) is 2.90. The third kappa shape index (κ3) is 2.49. The molecule has 20 heavy (non-hydrogen) atoms. The number of rotatable bonds is 3. The quantitative estimate of drug-likeness (QED) is 0.882. The van der Waals surface area contributed by atoms with Gasteiger partial charge in [-0.3, -0.25) is 0 Å². The minimum atomic E-state index is 0.751. The lowest BCUT2D eigenvalue weighted by Gasteiger charge is -2.14. The fourth-order valence-corrected chi connectivity index (χ4v) is 3.32. The lowest BCUT2D eigenvalue weighted by atomic mass is 10.0. The van der Waals surface area contributed by atoms with Crippen LogP contribution in [0.4, 0.5) is 5.69 Å². The van der Waals surface area contributed by atoms with Crippen molar-refractivity contribution in [3.63, 3.8) is 0 Å². The standard InChI is InChI=1S/C18H20N2/c1-13-6-7-14(10-13)12-20-18-9-8-15(11-19)16-4-2-3-5-17(16)18/h2-5,8-9,13-14,20H,6-7,10,12H2,1H3. The topological polar surface area (TPSA) is 35.8 Å². The molecule has 1 saturated carbocycles. The molecule has 0 aromatic heterocycles. The number of fused-ring (bicyclic) bond motifs is 1. The molecule has 0 bridgehead atoms. The molecule has 2 unspecified atom stereocenters. The van der Waals surface area contributed by atoms with E-state index in [1.807, 2.05) is 30.3 Å². The lowest BCUT2D eigenvalue weighted by Crippen LogP contribution is -2.11. The summed E-state index contributed by atoms with van der Waals surface area (Å²) in [5.41, 5.74) is 1.90. The Morgan fingerprint density at radius 3 is 2.65 bits per heavy atom. The number of hydrogen-bond acceptors (Lipinski definition) is 2. The van der Waals surface area contributed by atoms with Gasteiger partial charge in [0.2, 0.25) is 0 Å². The van der Waals surface area contributed by atoms with E-state index in [0.29, 0.717) is 0 Å². The molecule has 2 aromatic carbocycles. The summed E-state index contributed by atoms with van der Waals surface area (Å²) in [5.74, 6) is 1.67. The molecule has 1 N–H and O–H groups in total. The lowest BCUT2D eigenvalue weighted by molar-refractivity contribution is 0.537. The number of benzene rings is 2. The van der Waals surface area contributed by atoms with Crippen molar-refractivity contribution in [3.8, 4) is 6.07 Å². The molecule has 2 atom stereocenters. The second-order valence-corrected chi connectivity index (χ2v) is 5.98. The van der Waals surface area contributed by atoms with Crippen molar-refractivity contribution in [2.45, 2.75) is 26.2 Å². The molecule has 2 nitrogen and oxygen atoms in total. The average molecular weight is 264 g/mol. The highest BCUT2D eigenvalue weighted by Crippen LogP contribution is 2.32. The Bertz CT molecular complexity index is 654. The van der Waals surface area contributed by atoms with E-state index in [1.54, 1.807) is 0 Å². The molecule has 1 aliphatic rings. The molecule has 2 heteroatoms. The van der Waals surface area contributed by atoms with E-state index in [1.165, 1.54) is 19.3 Å². The van der Waals surface area contributed by atoms with Crippen molar-refractivity contribution in [2.75, 3.05) is 11.9 Å². The predicted octanol–water partition coefficient (Wildman–Crippen LogP) is 4.56. The maximum absolute atomic E-state index is 9.19. The summed E-state index contributed by atoms with van der Waals surface area (Å²) < 4.78 is 0. The van der Waals surface area contributed by atoms with Crippen LogP contribution in [0.25, 0.3) is 10.8 Å². The van der Waals surface area contributed by atoms with E-state index in [0.717, 1.165) is 40.4 Å². The molecule has 0 aliphatic heterocycles. The molecule has 1 fully saturated rings. The van der Waals surface area contributed by atoms with Gasteiger partial charge in [-0.1, -0.05) is 37.6 Å². The van der Waals surface area contributed by atoms with Crippen LogP contribution in [0.1, 0.15) is 31.7 Å². The molecule has 1 aliphatic carbocycles. The molecule has 0 amide bonds. The number of nitrogens with zero attached hydrogens (tertiary/aromatic N) is 1. The van der Waals surface area contributed by atoms with Gasteiger partial charge in [-0.2, -0.15) is 5.26 Å². The first-order valence-electron chi connectivity index (χ1n) is 7.43. The summed E-state index contributed by atoms with van der Waals surface area (Å²) in [5, 5.41) is 15.0. The van der Waals surface area contributed by atoms with Crippen LogP contribution in [0.2, 0.25) is 0 Å². The Labute approximate surface area is 120 Å². The van der Waals surface area contributed by atoms with Crippen molar-refractivity contribution < 1.29 is 0 Å². The number of nitrogens with one attached hydrogen (secondary N) is 1. The fourth-order valence-electron chi connectivity index (χ4n) is 3.32. The largest absolute Gasteiger partial charge is 0.384 e. The Kier molecular flexibility index (Phi) is 3.60. The van der Waals surface area contributed by atoms with Crippen LogP contribution < -0.4 is 5.32 Å². The zero-order chi connectivity index (χ0) is 13.9. The first-order valence-corrected chi connectivity index (χ1v) is 7.43. The normalized spacial score (nSPS) is 21.8. The highest BCUT2D eigenvalue weighted by molar-refractivity contribution is 5.97. The van der Waals surface area contributed by atoms with Gasteiger partial charge < -0.3 is 5.32 Å². The summed E-state index contributed by atoms with van der Waals surface area (Å²) in [6.45, 7) is 3.39. The van der Waals surface area contributed by atoms with Gasteiger partial charge in [0.15, 0.2) is 0 Å². The molecule has 2 aromatic rings. The zero-order valence-electron chi connectivity index (χ0n) is 11.9. The second-order valence-electron chi connectivity index (χ2n) is 5.98. The van der Waals surface area contributed by atoms with Gasteiger partial charge in [0.05, 0.1) is 11.6 Å². The first-order chi connectivity index (χ1) is 9.78. The van der Waals surface area contributed by atoms with E-state index < -0.39 is 0 Å². The van der Waals surface area contributed by atoms with Crippen LogP contribution in [0.3, 0.4) is 0 Å². The van der Waals surface area contributed by atoms with Crippen molar-refractivity contribution in [2.24, 2.45) is 11.8 Å². The molecule has 3 rings (SSSR count). The SMILES string of the molecule is CC1CCC(CNc2ccc(C#N)c3ccccc23)C1. The fraction of sp³-hybridized carbons (Fsp3) is 0.389. The maximum Gasteiger partial charge on any atom is 0.0998 e. The van der Waals surface area contributed by atoms with Crippen LogP contribution >= 0.6 is 0 Å². The number of anilines is 1. The summed E-state index contributed by atoms with van der Waals surface area (Å²) >= 11 is 0. The Balaban J connectivity index is 1.83. The Hall–Kier alpha value is -2.01. The van der Waals surface area contributed by atoms with Crippen molar-refractivity contribution in [1.82, 2.24) is 0 Å². The van der Waals surface area contributed by atoms with Crippen LogP contribution in [-0.2, 0) is 0 Å². The highest BCUT2D eigenvalue weighted by atomic mass is 14.9. The molecule has 102 valence electrons. The van der Waals surface area contributed by atoms with Gasteiger partial charge in [-0.15, -0.1) is 0 Å². The van der Waals surface area contributed by atoms with Crippen LogP contribution in [0.5, 0.6) is 0 Å². The summed E-state index contributed by atoms with van der Waals surface area (Å²) in [4.78, 5) is 0. The molecule has 0 spiro atoms. The van der Waals surface area contributed by atoms with Crippen LogP contribution in [0, 0.1) is 23.2 Å². The van der Waals surface area contributed by atoms with Crippen molar-refractivity contribution in [1.29, 1.82) is 5.26 Å². The maximum atomic E-state index is 9.19. The second kappa shape index (κ2) is 5.54. The third-order valence-electron chi connectivity index (χ3n) is 4.43. The van der Waals surface area contributed by atoms with E-state index >= 15 is 0 Å². The summed E-state index contributed by atoms with van der Waals surface area (Å²) in [6, 6.07) is 14.4. The molecular weight excluding hydrogens is 244 g/mol. The molecule has 0 radical (unpaired) electrons. The first kappa shape index (κ1) is 13.0. The Morgan fingerprint density at radius 1 is 1.15 bits per heavy atom. The molecular formula is C18H20N2. The van der Waals surface area contributed by atoms with Gasteiger partial charge in [0, 0.05) is 23.0 Å². The number of nitriles is 1. The minimum absolute atomic E-state index is 0.751. The minimum Gasteiger partial charge on any atom is -0.384 e. The van der Waals surface area contributed by atoms with E-state index in [2.05, 4.69) is 24.4 Å². The van der Waals surface area contributed by atoms with Crippen molar-refractivity contribution >= 4 is 16.5 Å². The zero-order valence-corrected chi connectivity index (χ0v) is 11.9. The van der Waals surface area contributed by atoms with E-state index in [4.69, 9.17) is 0 Å². The van der Waals surface area contributed by atoms with Gasteiger partial charge in [0.1, 0.15) is 0 Å². The van der Waals surface area contributed by atoms with Gasteiger partial charge >= 0.3 is 0 Å². The van der Waals surface area contributed by atoms with Crippen LogP contribution in [0.15, 0.2) is 36.4 Å². The van der Waals surface area contributed by atoms with Gasteiger partial charge in [0.25, 0.3) is 0 Å². The van der Waals surface area contributed by atoms with Gasteiger partial charge in [-0.05, 0) is 36.8 Å². The predicted molar refractivity (Wildman–Crippen MR) is 83.7 cm³/mol. The van der Waals surface area contributed by atoms with Gasteiger partial charge in [-0.25, -0.2) is 0 Å². The third-order valence-corrected chi connectivity index (χ3v) is 4.43. The highest BCUT2D eigenvalue weighted by Gasteiger charge is 2.21. The summed E-state index contributed by atoms with van der Waals surface area (Å²) in [7, 11) is 0. The van der Waals surface area contributed by atoms with Crippen LogP contribution in [-0.4, -0.2) is 6.54 Å². The summed E-state index contributed by atoms with van der Waals surface area (Å²) in [6.07, 6.45) is 4.03. The smallest absolute Gasteiger partial charge is 0.0998 e. The van der Waals surface area contributed by atoms with E-state index in [9.17, 15) is 5.26 Å². The molecule has 0 heterocycles. The number of hydrogen-bond donors (Lipinski definition) is 1. The molecule has 0 saturated heterocycles.